The normalized spacial score (nSPS) is 15.7. The van der Waals surface area contributed by atoms with Crippen LogP contribution in [0.2, 0.25) is 5.02 Å². The number of hydrogen-bond acceptors (Lipinski definition) is 9. The average molecular weight is 540 g/mol. The Balaban J connectivity index is 1.31. The van der Waals surface area contributed by atoms with Crippen LogP contribution in [0.1, 0.15) is 47.2 Å². The van der Waals surface area contributed by atoms with Gasteiger partial charge in [0, 0.05) is 42.5 Å². The number of nitriles is 1. The van der Waals surface area contributed by atoms with Gasteiger partial charge < -0.3 is 15.0 Å². The van der Waals surface area contributed by atoms with Crippen LogP contribution in [0, 0.1) is 18.3 Å². The SMILES string of the molecule is Cc1nc(Nc2nc(C(=O)N(C)CCCOc3ccc(Cl)cc3)cs2)cc([C@@H]2CCCN(CC#N)C2)n1. The number of nitrogens with zero attached hydrogens (tertiary/aromatic N) is 6. The molecule has 1 atom stereocenters. The molecule has 0 radical (unpaired) electrons. The molecule has 0 saturated carbocycles. The van der Waals surface area contributed by atoms with E-state index in [1.54, 1.807) is 29.5 Å². The van der Waals surface area contributed by atoms with Gasteiger partial charge in [0.25, 0.3) is 5.91 Å². The first-order chi connectivity index (χ1) is 17.9. The molecule has 37 heavy (non-hydrogen) atoms. The van der Waals surface area contributed by atoms with E-state index >= 15 is 0 Å². The third-order valence-corrected chi connectivity index (χ3v) is 7.11. The Morgan fingerprint density at radius 2 is 2.14 bits per heavy atom. The largest absolute Gasteiger partial charge is 0.494 e. The zero-order chi connectivity index (χ0) is 26.2. The number of aryl methyl sites for hydroxylation is 1. The molecule has 9 nitrogen and oxygen atoms in total. The molecule has 1 aliphatic rings. The minimum Gasteiger partial charge on any atom is -0.494 e. The van der Waals surface area contributed by atoms with E-state index in [1.807, 2.05) is 25.1 Å². The van der Waals surface area contributed by atoms with E-state index in [4.69, 9.17) is 21.6 Å². The van der Waals surface area contributed by atoms with Crippen LogP contribution in [-0.4, -0.2) is 70.5 Å². The zero-order valence-electron chi connectivity index (χ0n) is 21.0. The minimum atomic E-state index is -0.143. The van der Waals surface area contributed by atoms with Crippen molar-refractivity contribution in [3.8, 4) is 11.8 Å². The summed E-state index contributed by atoms with van der Waals surface area (Å²) in [4.78, 5) is 30.3. The zero-order valence-corrected chi connectivity index (χ0v) is 22.6. The van der Waals surface area contributed by atoms with Crippen molar-refractivity contribution in [3.63, 3.8) is 0 Å². The number of halogens is 1. The van der Waals surface area contributed by atoms with Gasteiger partial charge in [-0.15, -0.1) is 11.3 Å². The van der Waals surface area contributed by atoms with Crippen molar-refractivity contribution < 1.29 is 9.53 Å². The van der Waals surface area contributed by atoms with E-state index in [0.717, 1.165) is 37.4 Å². The first-order valence-electron chi connectivity index (χ1n) is 12.2. The molecule has 0 spiro atoms. The van der Waals surface area contributed by atoms with Gasteiger partial charge in [-0.25, -0.2) is 15.0 Å². The molecule has 0 aliphatic carbocycles. The standard InChI is InChI=1S/C26H30ClN7O2S/c1-18-29-22(19-5-3-12-34(16-19)13-10-28)15-24(30-18)32-26-31-23(17-37-26)25(35)33(2)11-4-14-36-21-8-6-20(27)7-9-21/h6-9,15,17,19H,3-5,11-14,16H2,1-2H3,(H,29,30,31,32)/t19-/m1/s1. The molecule has 0 unspecified atom stereocenters. The predicted molar refractivity (Wildman–Crippen MR) is 145 cm³/mol. The number of anilines is 2. The van der Waals surface area contributed by atoms with E-state index in [1.165, 1.54) is 11.3 Å². The summed E-state index contributed by atoms with van der Waals surface area (Å²) in [5.74, 6) is 2.19. The van der Waals surface area contributed by atoms with Crippen molar-refractivity contribution in [1.82, 2.24) is 24.8 Å². The van der Waals surface area contributed by atoms with Gasteiger partial charge in [-0.3, -0.25) is 9.69 Å². The van der Waals surface area contributed by atoms with Gasteiger partial charge in [0.1, 0.15) is 23.1 Å². The van der Waals surface area contributed by atoms with Crippen LogP contribution in [0.15, 0.2) is 35.7 Å². The molecule has 1 aromatic carbocycles. The lowest BCUT2D eigenvalue weighted by molar-refractivity contribution is 0.0783. The summed E-state index contributed by atoms with van der Waals surface area (Å²) in [6.07, 6.45) is 2.76. The summed E-state index contributed by atoms with van der Waals surface area (Å²) in [6.45, 7) is 5.10. The highest BCUT2D eigenvalue weighted by molar-refractivity contribution is 7.14. The lowest BCUT2D eigenvalue weighted by atomic mass is 9.94. The van der Waals surface area contributed by atoms with Crippen molar-refractivity contribution in [2.45, 2.75) is 32.1 Å². The number of benzene rings is 1. The third-order valence-electron chi connectivity index (χ3n) is 6.10. The molecular weight excluding hydrogens is 510 g/mol. The van der Waals surface area contributed by atoms with Gasteiger partial charge in [-0.2, -0.15) is 5.26 Å². The Labute approximate surface area is 226 Å². The van der Waals surface area contributed by atoms with Crippen molar-refractivity contribution in [1.29, 1.82) is 5.26 Å². The molecule has 4 rings (SSSR count). The summed E-state index contributed by atoms with van der Waals surface area (Å²) in [5, 5.41) is 15.3. The summed E-state index contributed by atoms with van der Waals surface area (Å²) < 4.78 is 5.70. The number of carbonyl (C=O) groups is 1. The molecule has 1 saturated heterocycles. The smallest absolute Gasteiger partial charge is 0.273 e. The molecule has 1 aliphatic heterocycles. The first-order valence-corrected chi connectivity index (χ1v) is 13.5. The highest BCUT2D eigenvalue weighted by Gasteiger charge is 2.23. The van der Waals surface area contributed by atoms with Gasteiger partial charge >= 0.3 is 0 Å². The van der Waals surface area contributed by atoms with E-state index in [2.05, 4.69) is 31.2 Å². The Hall–Kier alpha value is -3.26. The van der Waals surface area contributed by atoms with Crippen molar-refractivity contribution in [2.75, 3.05) is 45.2 Å². The highest BCUT2D eigenvalue weighted by Crippen LogP contribution is 2.28. The monoisotopic (exact) mass is 539 g/mol. The van der Waals surface area contributed by atoms with Gasteiger partial charge in [0.15, 0.2) is 5.13 Å². The molecule has 11 heteroatoms. The Bertz CT molecular complexity index is 1240. The van der Waals surface area contributed by atoms with Crippen LogP contribution in [0.5, 0.6) is 5.75 Å². The first kappa shape index (κ1) is 26.8. The van der Waals surface area contributed by atoms with Crippen LogP contribution in [0.4, 0.5) is 10.9 Å². The van der Waals surface area contributed by atoms with E-state index < -0.39 is 0 Å². The van der Waals surface area contributed by atoms with Gasteiger partial charge in [-0.1, -0.05) is 11.6 Å². The number of ether oxygens (including phenoxy) is 1. The van der Waals surface area contributed by atoms with Crippen molar-refractivity contribution >= 4 is 39.8 Å². The quantitative estimate of drug-likeness (QED) is 0.287. The van der Waals surface area contributed by atoms with Crippen LogP contribution >= 0.6 is 22.9 Å². The lowest BCUT2D eigenvalue weighted by Gasteiger charge is -2.30. The summed E-state index contributed by atoms with van der Waals surface area (Å²) in [7, 11) is 1.76. The second-order valence-electron chi connectivity index (χ2n) is 9.00. The number of hydrogen-bond donors (Lipinski definition) is 1. The number of aromatic nitrogens is 3. The van der Waals surface area contributed by atoms with Crippen LogP contribution in [-0.2, 0) is 0 Å². The second-order valence-corrected chi connectivity index (χ2v) is 10.3. The fourth-order valence-corrected chi connectivity index (χ4v) is 5.08. The topological polar surface area (TPSA) is 107 Å². The maximum absolute atomic E-state index is 12.8. The highest BCUT2D eigenvalue weighted by atomic mass is 35.5. The Morgan fingerprint density at radius 3 is 2.92 bits per heavy atom. The molecule has 1 amide bonds. The molecule has 2 aromatic heterocycles. The van der Waals surface area contributed by atoms with Gasteiger partial charge in [0.2, 0.25) is 0 Å². The lowest BCUT2D eigenvalue weighted by Crippen LogP contribution is -2.35. The number of amides is 1. The number of nitrogens with one attached hydrogen (secondary N) is 1. The minimum absolute atomic E-state index is 0.143. The number of thiazole rings is 1. The molecular formula is C26H30ClN7O2S. The Kier molecular flexibility index (Phi) is 9.28. The maximum Gasteiger partial charge on any atom is 0.273 e. The molecule has 1 fully saturated rings. The fourth-order valence-electron chi connectivity index (χ4n) is 4.26. The van der Waals surface area contributed by atoms with Crippen molar-refractivity contribution in [2.24, 2.45) is 0 Å². The van der Waals surface area contributed by atoms with Gasteiger partial charge in [-0.05, 0) is 57.0 Å². The molecule has 194 valence electrons. The molecule has 3 heterocycles. The third kappa shape index (κ3) is 7.61. The van der Waals surface area contributed by atoms with Crippen LogP contribution < -0.4 is 10.1 Å². The fraction of sp³-hybridized carbons (Fsp3) is 0.423. The summed E-state index contributed by atoms with van der Waals surface area (Å²) in [5.41, 5.74) is 1.35. The van der Waals surface area contributed by atoms with E-state index in [-0.39, 0.29) is 11.8 Å². The molecule has 0 bridgehead atoms. The predicted octanol–water partition coefficient (Wildman–Crippen LogP) is 4.88. The van der Waals surface area contributed by atoms with Crippen molar-refractivity contribution in [3.05, 3.63) is 57.9 Å². The summed E-state index contributed by atoms with van der Waals surface area (Å²) >= 11 is 7.25. The Morgan fingerprint density at radius 1 is 1.32 bits per heavy atom. The van der Waals surface area contributed by atoms with Crippen LogP contribution in [0.3, 0.4) is 0 Å². The second kappa shape index (κ2) is 12.8. The van der Waals surface area contributed by atoms with Gasteiger partial charge in [0.05, 0.1) is 24.9 Å². The number of rotatable bonds is 10. The van der Waals surface area contributed by atoms with Crippen LogP contribution in [0.25, 0.3) is 0 Å². The maximum atomic E-state index is 12.8. The number of piperidine rings is 1. The van der Waals surface area contributed by atoms with E-state index in [9.17, 15) is 4.79 Å². The molecule has 3 aromatic rings. The average Bonchev–Trinajstić information content (AvgIpc) is 3.35. The number of likely N-dealkylation sites (tertiary alicyclic amines) is 1. The molecule has 1 N–H and O–H groups in total. The summed E-state index contributed by atoms with van der Waals surface area (Å²) in [6, 6.07) is 11.4. The number of carbonyl (C=O) groups excluding carboxylic acids is 1. The van der Waals surface area contributed by atoms with E-state index in [0.29, 0.717) is 53.6 Å².